The lowest BCUT2D eigenvalue weighted by Crippen LogP contribution is -2.06. The minimum Gasteiger partial charge on any atom is -0.286 e. The number of halogens is 2. The third kappa shape index (κ3) is 3.84. The number of aryl methyl sites for hydroxylation is 1. The third-order valence-electron chi connectivity index (χ3n) is 1.64. The van der Waals surface area contributed by atoms with Crippen LogP contribution in [0.1, 0.15) is 5.56 Å². The first-order valence-corrected chi connectivity index (χ1v) is 6.14. The first kappa shape index (κ1) is 11.8. The predicted molar refractivity (Wildman–Crippen MR) is 56.6 cm³/mol. The fourth-order valence-corrected chi connectivity index (χ4v) is 1.86. The van der Waals surface area contributed by atoms with Gasteiger partial charge in [-0.3, -0.25) is 4.55 Å². The molecule has 1 N–H and O–H groups in total. The van der Waals surface area contributed by atoms with Crippen LogP contribution < -0.4 is 0 Å². The summed E-state index contributed by atoms with van der Waals surface area (Å²) in [5, 5.41) is 0.929. The summed E-state index contributed by atoms with van der Waals surface area (Å²) in [5.41, 5.74) is 0.608. The number of benzene rings is 1. The van der Waals surface area contributed by atoms with Crippen molar-refractivity contribution in [3.63, 3.8) is 0 Å². The van der Waals surface area contributed by atoms with E-state index in [1.165, 1.54) is 0 Å². The van der Waals surface area contributed by atoms with Crippen LogP contribution in [-0.4, -0.2) is 18.7 Å². The quantitative estimate of drug-likeness (QED) is 0.844. The molecule has 1 rings (SSSR count). The standard InChI is InChI=1S/C8H8Cl2O3S/c9-7-1-2-8(10)6(5-7)3-4-14(11,12)13/h1-2,5H,3-4H2,(H,11,12,13). The van der Waals surface area contributed by atoms with Crippen LogP contribution in [0.15, 0.2) is 18.2 Å². The maximum atomic E-state index is 10.5. The lowest BCUT2D eigenvalue weighted by atomic mass is 10.2. The smallest absolute Gasteiger partial charge is 0.265 e. The zero-order valence-electron chi connectivity index (χ0n) is 7.07. The van der Waals surface area contributed by atoms with Gasteiger partial charge in [0.25, 0.3) is 10.1 Å². The molecule has 78 valence electrons. The third-order valence-corrected chi connectivity index (χ3v) is 2.96. The van der Waals surface area contributed by atoms with Crippen LogP contribution >= 0.6 is 23.2 Å². The Kier molecular flexibility index (Phi) is 3.78. The molecule has 0 unspecified atom stereocenters. The Morgan fingerprint density at radius 1 is 1.29 bits per heavy atom. The van der Waals surface area contributed by atoms with Gasteiger partial charge < -0.3 is 0 Å². The minimum atomic E-state index is -3.95. The van der Waals surface area contributed by atoms with Gasteiger partial charge in [0.2, 0.25) is 0 Å². The molecule has 0 aliphatic carbocycles. The van der Waals surface area contributed by atoms with E-state index >= 15 is 0 Å². The molecule has 3 nitrogen and oxygen atoms in total. The molecule has 0 aliphatic heterocycles. The maximum absolute atomic E-state index is 10.5. The highest BCUT2D eigenvalue weighted by molar-refractivity contribution is 7.85. The highest BCUT2D eigenvalue weighted by Crippen LogP contribution is 2.21. The molecule has 0 amide bonds. The average Bonchev–Trinajstić information content (AvgIpc) is 2.05. The van der Waals surface area contributed by atoms with Crippen molar-refractivity contribution in [3.8, 4) is 0 Å². The van der Waals surface area contributed by atoms with Crippen molar-refractivity contribution in [2.75, 3.05) is 5.75 Å². The molecule has 1 aromatic carbocycles. The van der Waals surface area contributed by atoms with E-state index in [9.17, 15) is 8.42 Å². The van der Waals surface area contributed by atoms with Gasteiger partial charge in [0.05, 0.1) is 5.75 Å². The molecule has 0 radical (unpaired) electrons. The Bertz CT molecular complexity index is 428. The lowest BCUT2D eigenvalue weighted by molar-refractivity contribution is 0.482. The van der Waals surface area contributed by atoms with Gasteiger partial charge in [-0.2, -0.15) is 8.42 Å². The molecule has 0 bridgehead atoms. The summed E-state index contributed by atoms with van der Waals surface area (Å²) in [6.07, 6.45) is 0.151. The molecular formula is C8H8Cl2O3S. The second-order valence-corrected chi connectivity index (χ2v) is 5.19. The van der Waals surface area contributed by atoms with E-state index in [0.717, 1.165) is 0 Å². The predicted octanol–water partition coefficient (Wildman–Crippen LogP) is 2.42. The first-order valence-electron chi connectivity index (χ1n) is 3.77. The number of hydrogen-bond donors (Lipinski definition) is 1. The Morgan fingerprint density at radius 3 is 2.50 bits per heavy atom. The van der Waals surface area contributed by atoms with Crippen LogP contribution in [0.2, 0.25) is 10.0 Å². The molecule has 0 spiro atoms. The highest BCUT2D eigenvalue weighted by atomic mass is 35.5. The zero-order valence-corrected chi connectivity index (χ0v) is 9.40. The van der Waals surface area contributed by atoms with Crippen molar-refractivity contribution in [1.29, 1.82) is 0 Å². The summed E-state index contributed by atoms with van der Waals surface area (Å²) in [7, 11) is -3.95. The van der Waals surface area contributed by atoms with Gasteiger partial charge in [-0.05, 0) is 30.2 Å². The van der Waals surface area contributed by atoms with Crippen LogP contribution in [0.3, 0.4) is 0 Å². The molecule has 6 heteroatoms. The van der Waals surface area contributed by atoms with Crippen LogP contribution in [0, 0.1) is 0 Å². The van der Waals surface area contributed by atoms with E-state index < -0.39 is 10.1 Å². The summed E-state index contributed by atoms with van der Waals surface area (Å²) in [4.78, 5) is 0. The second kappa shape index (κ2) is 4.49. The normalized spacial score (nSPS) is 11.6. The molecule has 0 aromatic heterocycles. The van der Waals surface area contributed by atoms with E-state index in [1.807, 2.05) is 0 Å². The Balaban J connectivity index is 2.81. The van der Waals surface area contributed by atoms with Crippen molar-refractivity contribution >= 4 is 33.3 Å². The Labute approximate surface area is 92.4 Å². The van der Waals surface area contributed by atoms with E-state index in [4.69, 9.17) is 27.8 Å². The highest BCUT2D eigenvalue weighted by Gasteiger charge is 2.07. The molecule has 14 heavy (non-hydrogen) atoms. The molecular weight excluding hydrogens is 247 g/mol. The fraction of sp³-hybridized carbons (Fsp3) is 0.250. The van der Waals surface area contributed by atoms with Crippen LogP contribution in [0.5, 0.6) is 0 Å². The van der Waals surface area contributed by atoms with Gasteiger partial charge >= 0.3 is 0 Å². The van der Waals surface area contributed by atoms with Gasteiger partial charge in [0, 0.05) is 10.0 Å². The monoisotopic (exact) mass is 254 g/mol. The maximum Gasteiger partial charge on any atom is 0.265 e. The Morgan fingerprint density at radius 2 is 1.93 bits per heavy atom. The first-order chi connectivity index (χ1) is 6.38. The topological polar surface area (TPSA) is 54.4 Å². The summed E-state index contributed by atoms with van der Waals surface area (Å²) in [6.45, 7) is 0. The SMILES string of the molecule is O=S(=O)(O)CCc1cc(Cl)ccc1Cl. The lowest BCUT2D eigenvalue weighted by Gasteiger charge is -2.02. The molecule has 0 atom stereocenters. The van der Waals surface area contributed by atoms with Gasteiger partial charge in [-0.1, -0.05) is 23.2 Å². The van der Waals surface area contributed by atoms with Crippen LogP contribution in [-0.2, 0) is 16.5 Å². The van der Waals surface area contributed by atoms with Gasteiger partial charge in [-0.25, -0.2) is 0 Å². The van der Waals surface area contributed by atoms with E-state index in [1.54, 1.807) is 18.2 Å². The number of hydrogen-bond acceptors (Lipinski definition) is 2. The molecule has 1 aromatic rings. The van der Waals surface area contributed by atoms with Gasteiger partial charge in [0.1, 0.15) is 0 Å². The fourth-order valence-electron chi connectivity index (χ4n) is 0.974. The van der Waals surface area contributed by atoms with Gasteiger partial charge in [0.15, 0.2) is 0 Å². The molecule has 0 heterocycles. The van der Waals surface area contributed by atoms with Crippen LogP contribution in [0.4, 0.5) is 0 Å². The van der Waals surface area contributed by atoms with Crippen molar-refractivity contribution in [1.82, 2.24) is 0 Å². The van der Waals surface area contributed by atoms with E-state index in [2.05, 4.69) is 0 Å². The molecule has 0 saturated heterocycles. The van der Waals surface area contributed by atoms with Gasteiger partial charge in [-0.15, -0.1) is 0 Å². The van der Waals surface area contributed by atoms with Crippen molar-refractivity contribution in [2.24, 2.45) is 0 Å². The zero-order chi connectivity index (χ0) is 10.8. The van der Waals surface area contributed by atoms with E-state index in [-0.39, 0.29) is 12.2 Å². The van der Waals surface area contributed by atoms with Crippen LogP contribution in [0.25, 0.3) is 0 Å². The Hall–Kier alpha value is -0.290. The molecule has 0 aliphatic rings. The van der Waals surface area contributed by atoms with E-state index in [0.29, 0.717) is 15.6 Å². The minimum absolute atomic E-state index is 0.151. The molecule has 0 saturated carbocycles. The van der Waals surface area contributed by atoms with Crippen molar-refractivity contribution in [2.45, 2.75) is 6.42 Å². The summed E-state index contributed by atoms with van der Waals surface area (Å²) >= 11 is 11.5. The number of rotatable bonds is 3. The van der Waals surface area contributed by atoms with Crippen molar-refractivity contribution < 1.29 is 13.0 Å². The summed E-state index contributed by atoms with van der Waals surface area (Å²) in [6, 6.07) is 4.78. The summed E-state index contributed by atoms with van der Waals surface area (Å²) in [5.74, 6) is -0.354. The molecule has 0 fully saturated rings. The van der Waals surface area contributed by atoms with Crippen molar-refractivity contribution in [3.05, 3.63) is 33.8 Å². The average molecular weight is 255 g/mol. The largest absolute Gasteiger partial charge is 0.286 e. The second-order valence-electron chi connectivity index (χ2n) is 2.77. The summed E-state index contributed by atoms with van der Waals surface area (Å²) < 4.78 is 29.5.